The molecule has 0 radical (unpaired) electrons. The van der Waals surface area contributed by atoms with Gasteiger partial charge >= 0.3 is 5.97 Å². The molecule has 0 aromatic carbocycles. The second kappa shape index (κ2) is 4.41. The van der Waals surface area contributed by atoms with Crippen molar-refractivity contribution in [3.8, 4) is 0 Å². The summed E-state index contributed by atoms with van der Waals surface area (Å²) >= 11 is 0. The lowest BCUT2D eigenvalue weighted by Gasteiger charge is -2.11. The molecule has 0 unspecified atom stereocenters. The van der Waals surface area contributed by atoms with Crippen LogP contribution in [0.15, 0.2) is 23.2 Å². The molecule has 0 bridgehead atoms. The number of likely N-dealkylation sites (N-methyl/N-ethyl adjacent to an activating group) is 1. The third kappa shape index (κ3) is 2.43. The van der Waals surface area contributed by atoms with Gasteiger partial charge in [-0.15, -0.1) is 6.58 Å². The Morgan fingerprint density at radius 2 is 2.40 bits per heavy atom. The van der Waals surface area contributed by atoms with Crippen molar-refractivity contribution in [2.45, 2.75) is 0 Å². The molecule has 0 aliphatic rings. The zero-order valence-corrected chi connectivity index (χ0v) is 8.14. The molecule has 0 aliphatic carbocycles. The maximum atomic E-state index is 11.5. The summed E-state index contributed by atoms with van der Waals surface area (Å²) in [6.07, 6.45) is 1.55. The number of hydrogen-bond acceptors (Lipinski definition) is 4. The highest BCUT2D eigenvalue weighted by Gasteiger charge is 2.18. The van der Waals surface area contributed by atoms with E-state index in [9.17, 15) is 9.59 Å². The number of carboxylic acids is 1. The molecule has 0 spiro atoms. The van der Waals surface area contributed by atoms with Gasteiger partial charge in [-0.3, -0.25) is 4.79 Å². The quantitative estimate of drug-likeness (QED) is 0.737. The molecule has 15 heavy (non-hydrogen) atoms. The largest absolute Gasteiger partial charge is 0.475 e. The summed E-state index contributed by atoms with van der Waals surface area (Å²) in [5.74, 6) is -2.02. The summed E-state index contributed by atoms with van der Waals surface area (Å²) in [5.41, 5.74) is -0.0308. The first-order chi connectivity index (χ1) is 7.06. The molecule has 0 atom stereocenters. The Hall–Kier alpha value is -2.11. The van der Waals surface area contributed by atoms with E-state index < -0.39 is 11.9 Å². The summed E-state index contributed by atoms with van der Waals surface area (Å²) in [6, 6.07) is 1.09. The van der Waals surface area contributed by atoms with Crippen LogP contribution in [-0.4, -0.2) is 40.6 Å². The molecule has 80 valence electrons. The van der Waals surface area contributed by atoms with Crippen molar-refractivity contribution in [2.75, 3.05) is 13.6 Å². The first-order valence-electron chi connectivity index (χ1n) is 4.12. The third-order valence-electron chi connectivity index (χ3n) is 1.69. The van der Waals surface area contributed by atoms with Crippen LogP contribution in [0.25, 0.3) is 0 Å². The van der Waals surface area contributed by atoms with E-state index in [-0.39, 0.29) is 11.5 Å². The van der Waals surface area contributed by atoms with E-state index in [4.69, 9.17) is 5.11 Å². The van der Waals surface area contributed by atoms with Crippen LogP contribution in [0.4, 0.5) is 0 Å². The first-order valence-corrected chi connectivity index (χ1v) is 4.12. The number of carbonyl (C=O) groups excluding carboxylic acids is 1. The zero-order chi connectivity index (χ0) is 11.4. The minimum atomic E-state index is -1.26. The molecule has 1 N–H and O–H groups in total. The van der Waals surface area contributed by atoms with Crippen LogP contribution in [0.1, 0.15) is 21.0 Å². The van der Waals surface area contributed by atoms with Crippen LogP contribution >= 0.6 is 0 Å². The molecule has 1 aromatic heterocycles. The Labute approximate surface area is 85.8 Å². The van der Waals surface area contributed by atoms with Gasteiger partial charge in [0.15, 0.2) is 5.69 Å². The van der Waals surface area contributed by atoms with Crippen molar-refractivity contribution in [2.24, 2.45) is 0 Å². The number of amides is 1. The normalized spacial score (nSPS) is 9.67. The SMILES string of the molecule is C=CCN(C)C(=O)c1cc(C(=O)O)on1. The van der Waals surface area contributed by atoms with Gasteiger partial charge in [0.05, 0.1) is 0 Å². The molecule has 1 heterocycles. The third-order valence-corrected chi connectivity index (χ3v) is 1.69. The average Bonchev–Trinajstić information content (AvgIpc) is 2.65. The van der Waals surface area contributed by atoms with Crippen molar-refractivity contribution in [3.05, 3.63) is 30.2 Å². The van der Waals surface area contributed by atoms with Crippen LogP contribution in [0.3, 0.4) is 0 Å². The Balaban J connectivity index is 2.82. The summed E-state index contributed by atoms with van der Waals surface area (Å²) < 4.78 is 4.45. The van der Waals surface area contributed by atoms with Gasteiger partial charge in [0, 0.05) is 19.7 Å². The molecule has 6 nitrogen and oxygen atoms in total. The van der Waals surface area contributed by atoms with Crippen LogP contribution in [-0.2, 0) is 0 Å². The van der Waals surface area contributed by atoms with Gasteiger partial charge in [-0.05, 0) is 0 Å². The van der Waals surface area contributed by atoms with E-state index in [1.54, 1.807) is 13.1 Å². The van der Waals surface area contributed by atoms with Crippen LogP contribution in [0.5, 0.6) is 0 Å². The van der Waals surface area contributed by atoms with Gasteiger partial charge in [0.1, 0.15) is 0 Å². The second-order valence-electron chi connectivity index (χ2n) is 2.86. The number of nitrogens with zero attached hydrogens (tertiary/aromatic N) is 2. The van der Waals surface area contributed by atoms with Crippen LogP contribution in [0.2, 0.25) is 0 Å². The fourth-order valence-corrected chi connectivity index (χ4v) is 0.949. The molecule has 0 saturated heterocycles. The van der Waals surface area contributed by atoms with Crippen LogP contribution < -0.4 is 0 Å². The Morgan fingerprint density at radius 1 is 1.73 bits per heavy atom. The van der Waals surface area contributed by atoms with Crippen molar-refractivity contribution < 1.29 is 19.2 Å². The van der Waals surface area contributed by atoms with E-state index in [1.165, 1.54) is 4.90 Å². The summed E-state index contributed by atoms with van der Waals surface area (Å²) in [5, 5.41) is 11.9. The fourth-order valence-electron chi connectivity index (χ4n) is 0.949. The minimum absolute atomic E-state index is 0.0308. The van der Waals surface area contributed by atoms with Crippen molar-refractivity contribution in [1.82, 2.24) is 10.1 Å². The number of aromatic nitrogens is 1. The second-order valence-corrected chi connectivity index (χ2v) is 2.86. The fraction of sp³-hybridized carbons (Fsp3) is 0.222. The van der Waals surface area contributed by atoms with E-state index >= 15 is 0 Å². The van der Waals surface area contributed by atoms with Crippen molar-refractivity contribution in [3.63, 3.8) is 0 Å². The molecule has 0 aliphatic heterocycles. The monoisotopic (exact) mass is 210 g/mol. The van der Waals surface area contributed by atoms with E-state index in [1.807, 2.05) is 0 Å². The highest BCUT2D eigenvalue weighted by Crippen LogP contribution is 2.05. The van der Waals surface area contributed by atoms with Gasteiger partial charge in [0.25, 0.3) is 5.91 Å². The van der Waals surface area contributed by atoms with Gasteiger partial charge in [-0.2, -0.15) is 0 Å². The maximum absolute atomic E-state index is 11.5. The summed E-state index contributed by atoms with van der Waals surface area (Å²) in [6.45, 7) is 3.83. The van der Waals surface area contributed by atoms with Gasteiger partial charge < -0.3 is 14.5 Å². The molecule has 1 aromatic rings. The van der Waals surface area contributed by atoms with Crippen molar-refractivity contribution >= 4 is 11.9 Å². The maximum Gasteiger partial charge on any atom is 0.374 e. The number of carbonyl (C=O) groups is 2. The molecule has 0 fully saturated rings. The molecule has 0 saturated carbocycles. The number of carboxylic acid groups (broad SMARTS) is 1. The molecular formula is C9H10N2O4. The van der Waals surface area contributed by atoms with Gasteiger partial charge in [-0.1, -0.05) is 11.2 Å². The topological polar surface area (TPSA) is 83.6 Å². The Bertz CT molecular complexity index is 397. The number of hydrogen-bond donors (Lipinski definition) is 1. The highest BCUT2D eigenvalue weighted by molar-refractivity contribution is 5.94. The van der Waals surface area contributed by atoms with Gasteiger partial charge in [0.2, 0.25) is 5.76 Å². The smallest absolute Gasteiger partial charge is 0.374 e. The lowest BCUT2D eigenvalue weighted by Crippen LogP contribution is -2.26. The summed E-state index contributed by atoms with van der Waals surface area (Å²) in [7, 11) is 1.55. The molecule has 6 heteroatoms. The lowest BCUT2D eigenvalue weighted by atomic mass is 10.3. The molecule has 1 amide bonds. The number of aromatic carboxylic acids is 1. The van der Waals surface area contributed by atoms with Crippen molar-refractivity contribution in [1.29, 1.82) is 0 Å². The average molecular weight is 210 g/mol. The van der Waals surface area contributed by atoms with E-state index in [2.05, 4.69) is 16.3 Å². The molecule has 1 rings (SSSR count). The van der Waals surface area contributed by atoms with Gasteiger partial charge in [-0.25, -0.2) is 4.79 Å². The number of rotatable bonds is 4. The standard InChI is InChI=1S/C9H10N2O4/c1-3-4-11(2)8(12)6-5-7(9(13)14)15-10-6/h3,5H,1,4H2,2H3,(H,13,14). The van der Waals surface area contributed by atoms with Crippen LogP contribution in [0, 0.1) is 0 Å². The van der Waals surface area contributed by atoms with E-state index in [0.717, 1.165) is 6.07 Å². The predicted octanol–water partition coefficient (Wildman–Crippen LogP) is 0.631. The minimum Gasteiger partial charge on any atom is -0.475 e. The predicted molar refractivity (Wildman–Crippen MR) is 50.6 cm³/mol. The summed E-state index contributed by atoms with van der Waals surface area (Å²) in [4.78, 5) is 23.3. The first kappa shape index (κ1) is 11.0. The zero-order valence-electron chi connectivity index (χ0n) is 8.14. The Morgan fingerprint density at radius 3 is 2.87 bits per heavy atom. The Kier molecular flexibility index (Phi) is 3.22. The lowest BCUT2D eigenvalue weighted by molar-refractivity contribution is 0.0650. The molecular weight excluding hydrogens is 200 g/mol. The highest BCUT2D eigenvalue weighted by atomic mass is 16.5. The van der Waals surface area contributed by atoms with E-state index in [0.29, 0.717) is 6.54 Å².